The third-order valence-corrected chi connectivity index (χ3v) is 1.25. The maximum Gasteiger partial charge on any atom is 0.139 e. The Labute approximate surface area is 60.2 Å². The molecule has 0 aliphatic carbocycles. The van der Waals surface area contributed by atoms with Crippen LogP contribution in [0.1, 0.15) is 0 Å². The Morgan fingerprint density at radius 1 is 1.40 bits per heavy atom. The molecular formula is C7H8BFO. The molecule has 10 heavy (non-hydrogen) atoms. The summed E-state index contributed by atoms with van der Waals surface area (Å²) in [4.78, 5) is 0. The second-order valence-electron chi connectivity index (χ2n) is 2.17. The van der Waals surface area contributed by atoms with E-state index in [1.807, 2.05) is 7.85 Å². The number of methoxy groups -OCH3 is 1. The average Bonchev–Trinajstić information content (AvgIpc) is 1.85. The van der Waals surface area contributed by atoms with Crippen LogP contribution in [-0.2, 0) is 0 Å². The molecule has 0 radical (unpaired) electrons. The summed E-state index contributed by atoms with van der Waals surface area (Å²) in [5.41, 5.74) is 0.872. The van der Waals surface area contributed by atoms with Crippen LogP contribution in [-0.4, -0.2) is 15.0 Å². The highest BCUT2D eigenvalue weighted by Gasteiger charge is 1.95. The lowest BCUT2D eigenvalue weighted by atomic mass is 9.96. The Hall–Kier alpha value is -0.985. The lowest BCUT2D eigenvalue weighted by Gasteiger charge is -1.99. The summed E-state index contributed by atoms with van der Waals surface area (Å²) < 4.78 is 17.4. The topological polar surface area (TPSA) is 9.23 Å². The monoisotopic (exact) mass is 138 g/mol. The van der Waals surface area contributed by atoms with Crippen molar-refractivity contribution in [3.63, 3.8) is 0 Å². The highest BCUT2D eigenvalue weighted by Crippen LogP contribution is 2.08. The van der Waals surface area contributed by atoms with Gasteiger partial charge in [-0.05, 0) is 12.1 Å². The van der Waals surface area contributed by atoms with Crippen LogP contribution >= 0.6 is 0 Å². The quantitative estimate of drug-likeness (QED) is 0.499. The molecule has 1 aromatic carbocycles. The molecule has 0 unspecified atom stereocenters. The molecule has 0 spiro atoms. The van der Waals surface area contributed by atoms with Crippen molar-refractivity contribution in [2.75, 3.05) is 7.11 Å². The molecule has 0 heterocycles. The van der Waals surface area contributed by atoms with Crippen molar-refractivity contribution in [1.82, 2.24) is 0 Å². The van der Waals surface area contributed by atoms with Crippen LogP contribution in [0.2, 0.25) is 0 Å². The molecule has 0 saturated heterocycles. The first-order chi connectivity index (χ1) is 4.72. The van der Waals surface area contributed by atoms with Gasteiger partial charge in [-0.25, -0.2) is 4.39 Å². The van der Waals surface area contributed by atoms with Crippen LogP contribution < -0.4 is 10.2 Å². The third kappa shape index (κ3) is 1.50. The van der Waals surface area contributed by atoms with Crippen molar-refractivity contribution >= 4 is 13.3 Å². The van der Waals surface area contributed by atoms with E-state index < -0.39 is 0 Å². The zero-order valence-corrected chi connectivity index (χ0v) is 6.02. The molecule has 3 heteroatoms. The third-order valence-electron chi connectivity index (χ3n) is 1.25. The largest absolute Gasteiger partial charge is 0.497 e. The van der Waals surface area contributed by atoms with Crippen LogP contribution in [0.5, 0.6) is 5.75 Å². The minimum absolute atomic E-state index is 0.253. The number of ether oxygens (including phenoxy) is 1. The Kier molecular flexibility index (Phi) is 1.95. The van der Waals surface area contributed by atoms with Crippen LogP contribution in [0.4, 0.5) is 4.39 Å². The number of hydrogen-bond acceptors (Lipinski definition) is 1. The van der Waals surface area contributed by atoms with Gasteiger partial charge in [0.2, 0.25) is 0 Å². The highest BCUT2D eigenvalue weighted by molar-refractivity contribution is 6.32. The second kappa shape index (κ2) is 2.73. The normalized spacial score (nSPS) is 9.40. The first kappa shape index (κ1) is 7.13. The maximum atomic E-state index is 12.5. The highest BCUT2D eigenvalue weighted by atomic mass is 19.1. The molecule has 1 rings (SSSR count). The Balaban J connectivity index is 3.06. The lowest BCUT2D eigenvalue weighted by Crippen LogP contribution is -2.03. The molecule has 0 aliphatic rings. The molecule has 1 nitrogen and oxygen atoms in total. The van der Waals surface area contributed by atoms with E-state index in [0.717, 1.165) is 5.46 Å². The van der Waals surface area contributed by atoms with Gasteiger partial charge < -0.3 is 4.74 Å². The summed E-state index contributed by atoms with van der Waals surface area (Å²) in [5.74, 6) is 0.314. The first-order valence-corrected chi connectivity index (χ1v) is 3.03. The molecular weight excluding hydrogens is 130 g/mol. The fourth-order valence-corrected chi connectivity index (χ4v) is 0.821. The molecule has 0 aliphatic heterocycles. The van der Waals surface area contributed by atoms with Crippen LogP contribution in [0.3, 0.4) is 0 Å². The van der Waals surface area contributed by atoms with Gasteiger partial charge in [-0.1, -0.05) is 5.46 Å². The zero-order chi connectivity index (χ0) is 7.56. The molecule has 0 amide bonds. The summed E-state index contributed by atoms with van der Waals surface area (Å²) in [7, 11) is 3.35. The van der Waals surface area contributed by atoms with Crippen molar-refractivity contribution in [3.8, 4) is 5.75 Å². The molecule has 0 atom stereocenters. The summed E-state index contributed by atoms with van der Waals surface area (Å²) in [5, 5.41) is 0. The van der Waals surface area contributed by atoms with Gasteiger partial charge in [0.25, 0.3) is 0 Å². The summed E-state index contributed by atoms with van der Waals surface area (Å²) in [6, 6.07) is 4.60. The van der Waals surface area contributed by atoms with E-state index in [1.54, 1.807) is 6.07 Å². The van der Waals surface area contributed by atoms with Gasteiger partial charge in [-0.3, -0.25) is 0 Å². The summed E-state index contributed by atoms with van der Waals surface area (Å²) >= 11 is 0. The lowest BCUT2D eigenvalue weighted by molar-refractivity contribution is 0.412. The smallest absolute Gasteiger partial charge is 0.139 e. The minimum atomic E-state index is -0.253. The van der Waals surface area contributed by atoms with E-state index in [9.17, 15) is 4.39 Å². The molecule has 0 fully saturated rings. The van der Waals surface area contributed by atoms with E-state index in [2.05, 4.69) is 0 Å². The second-order valence-corrected chi connectivity index (χ2v) is 2.17. The standard InChI is InChI=1S/C7H8BFO/c1-10-7-3-5(8)2-6(9)4-7/h2-4H,8H2,1H3. The Morgan fingerprint density at radius 3 is 2.60 bits per heavy atom. The van der Waals surface area contributed by atoms with Gasteiger partial charge >= 0.3 is 0 Å². The number of hydrogen-bond donors (Lipinski definition) is 0. The number of benzene rings is 1. The van der Waals surface area contributed by atoms with E-state index in [4.69, 9.17) is 4.74 Å². The fraction of sp³-hybridized carbons (Fsp3) is 0.143. The maximum absolute atomic E-state index is 12.5. The van der Waals surface area contributed by atoms with Crippen molar-refractivity contribution < 1.29 is 9.13 Å². The average molecular weight is 138 g/mol. The summed E-state index contributed by atoms with van der Waals surface area (Å²) in [6.45, 7) is 0. The van der Waals surface area contributed by atoms with Crippen LogP contribution in [0, 0.1) is 5.82 Å². The number of halogens is 1. The molecule has 0 aromatic heterocycles. The molecule has 1 aromatic rings. The van der Waals surface area contributed by atoms with E-state index in [-0.39, 0.29) is 5.82 Å². The summed E-state index contributed by atoms with van der Waals surface area (Å²) in [6.07, 6.45) is 0. The number of rotatable bonds is 1. The van der Waals surface area contributed by atoms with Crippen molar-refractivity contribution in [2.24, 2.45) is 0 Å². The van der Waals surface area contributed by atoms with Gasteiger partial charge in [0.1, 0.15) is 19.4 Å². The molecule has 52 valence electrons. The first-order valence-electron chi connectivity index (χ1n) is 3.03. The van der Waals surface area contributed by atoms with E-state index in [1.165, 1.54) is 19.2 Å². The van der Waals surface area contributed by atoms with Gasteiger partial charge in [-0.15, -0.1) is 0 Å². The predicted octanol–water partition coefficient (Wildman–Crippen LogP) is 0.0927. The molecule has 0 bridgehead atoms. The Bertz CT molecular complexity index is 217. The Morgan fingerprint density at radius 2 is 2.10 bits per heavy atom. The zero-order valence-electron chi connectivity index (χ0n) is 6.02. The molecule has 0 saturated carbocycles. The van der Waals surface area contributed by atoms with Crippen LogP contribution in [0.15, 0.2) is 18.2 Å². The SMILES string of the molecule is Bc1cc(F)cc(OC)c1. The van der Waals surface area contributed by atoms with E-state index >= 15 is 0 Å². The van der Waals surface area contributed by atoms with Crippen molar-refractivity contribution in [1.29, 1.82) is 0 Å². The van der Waals surface area contributed by atoms with Gasteiger partial charge in [0, 0.05) is 6.07 Å². The van der Waals surface area contributed by atoms with Crippen LogP contribution in [0.25, 0.3) is 0 Å². The van der Waals surface area contributed by atoms with Gasteiger partial charge in [0.05, 0.1) is 7.11 Å². The fourth-order valence-electron chi connectivity index (χ4n) is 0.821. The minimum Gasteiger partial charge on any atom is -0.497 e. The predicted molar refractivity (Wildman–Crippen MR) is 41.1 cm³/mol. The van der Waals surface area contributed by atoms with Gasteiger partial charge in [-0.2, -0.15) is 0 Å². The molecule has 0 N–H and O–H groups in total. The van der Waals surface area contributed by atoms with Crippen molar-refractivity contribution in [2.45, 2.75) is 0 Å². The van der Waals surface area contributed by atoms with E-state index in [0.29, 0.717) is 5.75 Å². The van der Waals surface area contributed by atoms with Gasteiger partial charge in [0.15, 0.2) is 0 Å². The van der Waals surface area contributed by atoms with Crippen molar-refractivity contribution in [3.05, 3.63) is 24.0 Å².